The van der Waals surface area contributed by atoms with Gasteiger partial charge in [0.25, 0.3) is 5.91 Å². The van der Waals surface area contributed by atoms with Crippen LogP contribution < -0.4 is 15.4 Å². The normalized spacial score (nSPS) is 26.9. The molecule has 3 aliphatic rings. The van der Waals surface area contributed by atoms with E-state index in [0.717, 1.165) is 18.9 Å². The number of aliphatic hydroxyl groups excluding tert-OH is 1. The van der Waals surface area contributed by atoms with Crippen LogP contribution in [0.25, 0.3) is 0 Å². The van der Waals surface area contributed by atoms with Crippen molar-refractivity contribution in [3.05, 3.63) is 22.8 Å². The van der Waals surface area contributed by atoms with E-state index in [4.69, 9.17) is 16.3 Å². The summed E-state index contributed by atoms with van der Waals surface area (Å²) in [4.78, 5) is 30.3. The largest absolute Gasteiger partial charge is 0.473 e. The first-order valence-corrected chi connectivity index (χ1v) is 12.6. The lowest BCUT2D eigenvalue weighted by atomic mass is 9.73. The second-order valence-corrected chi connectivity index (χ2v) is 10.0. The number of amides is 2. The maximum absolute atomic E-state index is 12.8. The summed E-state index contributed by atoms with van der Waals surface area (Å²) in [7, 11) is 0. The molecule has 4 rings (SSSR count). The third kappa shape index (κ3) is 5.97. The second kappa shape index (κ2) is 11.0. The number of aromatic nitrogens is 1. The lowest BCUT2D eigenvalue weighted by molar-refractivity contribution is -0.130. The van der Waals surface area contributed by atoms with E-state index in [9.17, 15) is 14.7 Å². The minimum Gasteiger partial charge on any atom is -0.473 e. The van der Waals surface area contributed by atoms with E-state index in [1.807, 2.05) is 0 Å². The highest BCUT2D eigenvalue weighted by Crippen LogP contribution is 2.36. The number of likely N-dealkylation sites (tertiary alicyclic amines) is 1. The standard InChI is InChI=1S/C24H35ClN4O4/c1-15(30)29-10-7-18(8-11-29)33-24-22(25)19(6-9-26-24)23(32)28-14-21(31)20-12-16-4-2-3-5-17(16)13-27-20/h6,9,16-18,20-21,27,31H,2-5,7-8,10-14H2,1H3,(H,28,32)/t16?,17?,20-,21+/m0/s1. The molecule has 2 aliphatic heterocycles. The van der Waals surface area contributed by atoms with Crippen LogP contribution in [0.1, 0.15) is 62.2 Å². The maximum atomic E-state index is 12.8. The molecule has 1 aromatic heterocycles. The van der Waals surface area contributed by atoms with Crippen LogP contribution in [-0.2, 0) is 4.79 Å². The summed E-state index contributed by atoms with van der Waals surface area (Å²) in [5.74, 6) is 1.33. The van der Waals surface area contributed by atoms with Gasteiger partial charge in [0.2, 0.25) is 11.8 Å². The van der Waals surface area contributed by atoms with Crippen molar-refractivity contribution in [2.45, 2.75) is 70.1 Å². The molecule has 1 aliphatic carbocycles. The molecule has 1 saturated carbocycles. The number of aliphatic hydroxyl groups is 1. The highest BCUT2D eigenvalue weighted by molar-refractivity contribution is 6.35. The van der Waals surface area contributed by atoms with Gasteiger partial charge in [-0.2, -0.15) is 0 Å². The molecule has 4 atom stereocenters. The number of fused-ring (bicyclic) bond motifs is 1. The molecule has 3 fully saturated rings. The summed E-state index contributed by atoms with van der Waals surface area (Å²) in [6, 6.07) is 1.55. The van der Waals surface area contributed by atoms with Gasteiger partial charge >= 0.3 is 0 Å². The number of carbonyl (C=O) groups is 2. The quantitative estimate of drug-likeness (QED) is 0.580. The predicted octanol–water partition coefficient (Wildman–Crippen LogP) is 2.38. The molecule has 1 aromatic rings. The number of rotatable bonds is 6. The summed E-state index contributed by atoms with van der Waals surface area (Å²) in [6.07, 6.45) is 8.19. The summed E-state index contributed by atoms with van der Waals surface area (Å²) in [5.41, 5.74) is 0.277. The molecule has 3 heterocycles. The summed E-state index contributed by atoms with van der Waals surface area (Å²) < 4.78 is 5.96. The lowest BCUT2D eigenvalue weighted by Gasteiger charge is -2.41. The molecule has 2 saturated heterocycles. The Balaban J connectivity index is 1.29. The van der Waals surface area contributed by atoms with Gasteiger partial charge in [0.05, 0.1) is 11.7 Å². The van der Waals surface area contributed by atoms with Gasteiger partial charge < -0.3 is 25.4 Å². The molecule has 0 aromatic carbocycles. The number of hydrogen-bond acceptors (Lipinski definition) is 6. The van der Waals surface area contributed by atoms with Gasteiger partial charge in [0, 0.05) is 51.6 Å². The third-order valence-corrected chi connectivity index (χ3v) is 7.83. The van der Waals surface area contributed by atoms with Crippen molar-refractivity contribution in [1.82, 2.24) is 20.5 Å². The minimum atomic E-state index is -0.653. The molecular formula is C24H35ClN4O4. The van der Waals surface area contributed by atoms with E-state index in [-0.39, 0.29) is 47.0 Å². The molecule has 0 radical (unpaired) electrons. The zero-order chi connectivity index (χ0) is 23.4. The second-order valence-electron chi connectivity index (χ2n) is 9.63. The van der Waals surface area contributed by atoms with Crippen molar-refractivity contribution in [2.75, 3.05) is 26.2 Å². The average Bonchev–Trinajstić information content (AvgIpc) is 2.83. The number of ether oxygens (including phenoxy) is 1. The summed E-state index contributed by atoms with van der Waals surface area (Å²) in [6.45, 7) is 3.93. The van der Waals surface area contributed by atoms with Crippen molar-refractivity contribution in [3.8, 4) is 5.88 Å². The van der Waals surface area contributed by atoms with Gasteiger partial charge in [0.1, 0.15) is 11.1 Å². The van der Waals surface area contributed by atoms with Crippen molar-refractivity contribution >= 4 is 23.4 Å². The Bertz CT molecular complexity index is 846. The van der Waals surface area contributed by atoms with Crippen LogP contribution in [0.4, 0.5) is 0 Å². The number of pyridine rings is 1. The number of halogens is 1. The first kappa shape index (κ1) is 24.2. The zero-order valence-electron chi connectivity index (χ0n) is 19.3. The van der Waals surface area contributed by atoms with Gasteiger partial charge in [-0.3, -0.25) is 9.59 Å². The van der Waals surface area contributed by atoms with Crippen molar-refractivity contribution < 1.29 is 19.4 Å². The molecule has 0 spiro atoms. The van der Waals surface area contributed by atoms with Crippen LogP contribution in [0.15, 0.2) is 12.3 Å². The fraction of sp³-hybridized carbons (Fsp3) is 0.708. The number of piperidine rings is 2. The van der Waals surface area contributed by atoms with Crippen LogP contribution in [0.2, 0.25) is 5.02 Å². The van der Waals surface area contributed by atoms with Gasteiger partial charge in [-0.15, -0.1) is 0 Å². The van der Waals surface area contributed by atoms with Crippen LogP contribution in [-0.4, -0.2) is 71.2 Å². The van der Waals surface area contributed by atoms with Crippen LogP contribution in [0.3, 0.4) is 0 Å². The van der Waals surface area contributed by atoms with Crippen LogP contribution in [0, 0.1) is 11.8 Å². The Kier molecular flexibility index (Phi) is 8.09. The van der Waals surface area contributed by atoms with Crippen LogP contribution in [0.5, 0.6) is 5.88 Å². The number of hydrogen-bond donors (Lipinski definition) is 3. The minimum absolute atomic E-state index is 0.00248. The van der Waals surface area contributed by atoms with E-state index < -0.39 is 6.10 Å². The SMILES string of the molecule is CC(=O)N1CCC(Oc2nccc(C(=O)NC[C@@H](O)[C@@H]3CC4CCCCC4CN3)c2Cl)CC1. The highest BCUT2D eigenvalue weighted by Gasteiger charge is 2.34. The first-order chi connectivity index (χ1) is 15.9. The zero-order valence-corrected chi connectivity index (χ0v) is 20.0. The summed E-state index contributed by atoms with van der Waals surface area (Å²) >= 11 is 6.45. The summed E-state index contributed by atoms with van der Waals surface area (Å²) in [5, 5.41) is 17.1. The number of nitrogens with zero attached hydrogens (tertiary/aromatic N) is 2. The number of nitrogens with one attached hydrogen (secondary N) is 2. The molecule has 182 valence electrons. The van der Waals surface area contributed by atoms with E-state index in [1.54, 1.807) is 17.9 Å². The maximum Gasteiger partial charge on any atom is 0.253 e. The molecule has 0 bridgehead atoms. The molecule has 3 N–H and O–H groups in total. The lowest BCUT2D eigenvalue weighted by Crippen LogP contribution is -2.53. The molecule has 2 unspecified atom stereocenters. The Morgan fingerprint density at radius 3 is 2.73 bits per heavy atom. The fourth-order valence-electron chi connectivity index (χ4n) is 5.43. The predicted molar refractivity (Wildman–Crippen MR) is 125 cm³/mol. The molecule has 9 heteroatoms. The Hall–Kier alpha value is -1.90. The average molecular weight is 479 g/mol. The molecule has 2 amide bonds. The van der Waals surface area contributed by atoms with Crippen LogP contribution >= 0.6 is 11.6 Å². The van der Waals surface area contributed by atoms with Gasteiger partial charge in [-0.05, 0) is 37.3 Å². The van der Waals surface area contributed by atoms with Gasteiger partial charge in [0.15, 0.2) is 0 Å². The van der Waals surface area contributed by atoms with Gasteiger partial charge in [-0.1, -0.05) is 30.9 Å². The van der Waals surface area contributed by atoms with E-state index in [0.29, 0.717) is 31.8 Å². The highest BCUT2D eigenvalue weighted by atomic mass is 35.5. The molecule has 8 nitrogen and oxygen atoms in total. The van der Waals surface area contributed by atoms with Crippen molar-refractivity contribution in [3.63, 3.8) is 0 Å². The van der Waals surface area contributed by atoms with Crippen molar-refractivity contribution in [1.29, 1.82) is 0 Å². The third-order valence-electron chi connectivity index (χ3n) is 7.47. The Labute approximate surface area is 200 Å². The van der Waals surface area contributed by atoms with Gasteiger partial charge in [-0.25, -0.2) is 4.98 Å². The number of carbonyl (C=O) groups excluding carboxylic acids is 2. The van der Waals surface area contributed by atoms with E-state index in [2.05, 4.69) is 15.6 Å². The monoisotopic (exact) mass is 478 g/mol. The van der Waals surface area contributed by atoms with Crippen molar-refractivity contribution in [2.24, 2.45) is 11.8 Å². The Morgan fingerprint density at radius 2 is 2.00 bits per heavy atom. The van der Waals surface area contributed by atoms with E-state index >= 15 is 0 Å². The molecular weight excluding hydrogens is 444 g/mol. The Morgan fingerprint density at radius 1 is 1.27 bits per heavy atom. The first-order valence-electron chi connectivity index (χ1n) is 12.2. The fourth-order valence-corrected chi connectivity index (χ4v) is 5.67. The topological polar surface area (TPSA) is 104 Å². The van der Waals surface area contributed by atoms with E-state index in [1.165, 1.54) is 31.9 Å². The molecule has 33 heavy (non-hydrogen) atoms. The smallest absolute Gasteiger partial charge is 0.253 e.